The van der Waals surface area contributed by atoms with E-state index in [0.717, 1.165) is 11.1 Å². The van der Waals surface area contributed by atoms with Crippen molar-refractivity contribution in [1.82, 2.24) is 0 Å². The highest BCUT2D eigenvalue weighted by Gasteiger charge is 2.10. The van der Waals surface area contributed by atoms with E-state index in [1.165, 1.54) is 37.2 Å². The van der Waals surface area contributed by atoms with Crippen molar-refractivity contribution in [2.45, 2.75) is 4.90 Å². The van der Waals surface area contributed by atoms with E-state index in [2.05, 4.69) is 95.3 Å². The molecular weight excluding hydrogens is 360 g/mol. The van der Waals surface area contributed by atoms with E-state index in [9.17, 15) is 0 Å². The summed E-state index contributed by atoms with van der Waals surface area (Å²) in [5.41, 5.74) is 2.14. The number of rotatable bonds is 4. The van der Waals surface area contributed by atoms with E-state index in [-0.39, 0.29) is 0 Å². The van der Waals surface area contributed by atoms with E-state index >= 15 is 0 Å². The molecule has 0 aromatic heterocycles. The summed E-state index contributed by atoms with van der Waals surface area (Å²) in [6.45, 7) is 0. The SMILES string of the molecule is CSc1ccc(/C=N/N=C/c2cc3cccc4ccc5cccc2c5c43)cc1. The first kappa shape index (κ1) is 17.0. The summed E-state index contributed by atoms with van der Waals surface area (Å²) in [6, 6.07) is 27.8. The van der Waals surface area contributed by atoms with Crippen molar-refractivity contribution in [3.63, 3.8) is 0 Å². The van der Waals surface area contributed by atoms with Gasteiger partial charge in [-0.1, -0.05) is 60.7 Å². The molecule has 2 nitrogen and oxygen atoms in total. The quantitative estimate of drug-likeness (QED) is 0.147. The van der Waals surface area contributed by atoms with Crippen LogP contribution in [0, 0.1) is 0 Å². The van der Waals surface area contributed by atoms with Gasteiger partial charge < -0.3 is 0 Å². The van der Waals surface area contributed by atoms with Crippen LogP contribution in [0.4, 0.5) is 0 Å². The second-order valence-corrected chi connectivity index (χ2v) is 7.66. The van der Waals surface area contributed by atoms with Gasteiger partial charge in [-0.2, -0.15) is 10.2 Å². The van der Waals surface area contributed by atoms with Gasteiger partial charge in [-0.05, 0) is 62.3 Å². The lowest BCUT2D eigenvalue weighted by atomic mass is 9.92. The van der Waals surface area contributed by atoms with Crippen molar-refractivity contribution in [3.8, 4) is 0 Å². The van der Waals surface area contributed by atoms with Gasteiger partial charge >= 0.3 is 0 Å². The lowest BCUT2D eigenvalue weighted by Gasteiger charge is -2.12. The van der Waals surface area contributed by atoms with Crippen molar-refractivity contribution in [1.29, 1.82) is 0 Å². The standard InChI is InChI=1S/C25H18N2S/c1-28-22-12-8-17(9-13-22)15-26-27-16-21-14-20-6-2-4-18-10-11-19-5-3-7-23(21)25(19)24(18)20/h2-16H,1H3/b26-15+,27-16+. The zero-order valence-electron chi connectivity index (χ0n) is 15.5. The summed E-state index contributed by atoms with van der Waals surface area (Å²) in [6.07, 6.45) is 5.72. The van der Waals surface area contributed by atoms with Gasteiger partial charge in [-0.3, -0.25) is 0 Å². The number of thioether (sulfide) groups is 1. The van der Waals surface area contributed by atoms with Gasteiger partial charge in [0.05, 0.1) is 12.4 Å². The minimum Gasteiger partial charge on any atom is -0.159 e. The molecule has 0 aliphatic heterocycles. The topological polar surface area (TPSA) is 24.7 Å². The second-order valence-electron chi connectivity index (χ2n) is 6.78. The molecule has 0 atom stereocenters. The molecule has 0 saturated carbocycles. The maximum Gasteiger partial charge on any atom is 0.0574 e. The largest absolute Gasteiger partial charge is 0.159 e. The van der Waals surface area contributed by atoms with Gasteiger partial charge in [0.2, 0.25) is 0 Å². The van der Waals surface area contributed by atoms with Crippen LogP contribution in [0.1, 0.15) is 11.1 Å². The van der Waals surface area contributed by atoms with Gasteiger partial charge in [0.25, 0.3) is 0 Å². The molecule has 0 N–H and O–H groups in total. The average molecular weight is 379 g/mol. The Morgan fingerprint density at radius 2 is 1.36 bits per heavy atom. The Hall–Kier alpha value is -3.17. The minimum atomic E-state index is 1.05. The lowest BCUT2D eigenvalue weighted by molar-refractivity contribution is 1.26. The third kappa shape index (κ3) is 2.94. The molecule has 0 fully saturated rings. The number of hydrogen-bond donors (Lipinski definition) is 0. The molecule has 0 saturated heterocycles. The summed E-state index contributed by atoms with van der Waals surface area (Å²) in [5.74, 6) is 0. The molecule has 28 heavy (non-hydrogen) atoms. The van der Waals surface area contributed by atoms with E-state index in [4.69, 9.17) is 0 Å². The van der Waals surface area contributed by atoms with Crippen molar-refractivity contribution in [2.75, 3.05) is 6.26 Å². The highest BCUT2D eigenvalue weighted by Crippen LogP contribution is 2.35. The normalized spacial score (nSPS) is 12.3. The minimum absolute atomic E-state index is 1.05. The monoisotopic (exact) mass is 378 g/mol. The Kier molecular flexibility index (Phi) is 4.30. The van der Waals surface area contributed by atoms with E-state index in [1.807, 2.05) is 6.21 Å². The fourth-order valence-corrected chi connectivity index (χ4v) is 4.19. The summed E-state index contributed by atoms with van der Waals surface area (Å²) in [7, 11) is 0. The third-order valence-corrected chi connectivity index (χ3v) is 5.87. The van der Waals surface area contributed by atoms with E-state index in [1.54, 1.807) is 18.0 Å². The smallest absolute Gasteiger partial charge is 0.0574 e. The predicted octanol–water partition coefficient (Wildman–Crippen LogP) is 6.76. The molecular formula is C25H18N2S. The van der Waals surface area contributed by atoms with Crippen LogP contribution in [0.15, 0.2) is 94.0 Å². The van der Waals surface area contributed by atoms with Crippen LogP contribution < -0.4 is 0 Å². The molecule has 0 heterocycles. The van der Waals surface area contributed by atoms with Crippen molar-refractivity contribution >= 4 is 56.5 Å². The predicted molar refractivity (Wildman–Crippen MR) is 124 cm³/mol. The first-order valence-electron chi connectivity index (χ1n) is 9.20. The average Bonchev–Trinajstić information content (AvgIpc) is 2.76. The second kappa shape index (κ2) is 7.10. The number of hydrogen-bond acceptors (Lipinski definition) is 3. The van der Waals surface area contributed by atoms with Crippen LogP contribution in [0.3, 0.4) is 0 Å². The first-order chi connectivity index (χ1) is 13.8. The molecule has 0 bridgehead atoms. The maximum atomic E-state index is 4.33. The molecule has 0 unspecified atom stereocenters. The van der Waals surface area contributed by atoms with Crippen molar-refractivity contribution in [2.24, 2.45) is 10.2 Å². The Balaban J connectivity index is 1.56. The molecule has 0 aliphatic carbocycles. The number of nitrogens with zero attached hydrogens (tertiary/aromatic N) is 2. The third-order valence-electron chi connectivity index (χ3n) is 5.13. The molecule has 0 radical (unpaired) electrons. The number of benzene rings is 5. The van der Waals surface area contributed by atoms with Crippen LogP contribution in [0.5, 0.6) is 0 Å². The summed E-state index contributed by atoms with van der Waals surface area (Å²) < 4.78 is 0. The van der Waals surface area contributed by atoms with Crippen LogP contribution in [0.2, 0.25) is 0 Å². The van der Waals surface area contributed by atoms with Crippen molar-refractivity contribution < 1.29 is 0 Å². The zero-order chi connectivity index (χ0) is 18.9. The summed E-state index contributed by atoms with van der Waals surface area (Å²) in [4.78, 5) is 1.24. The van der Waals surface area contributed by atoms with Gasteiger partial charge in [0, 0.05) is 10.5 Å². The van der Waals surface area contributed by atoms with Gasteiger partial charge in [0.15, 0.2) is 0 Å². The molecule has 0 aliphatic rings. The highest BCUT2D eigenvalue weighted by molar-refractivity contribution is 7.98. The van der Waals surface area contributed by atoms with Gasteiger partial charge in [0.1, 0.15) is 0 Å². The molecule has 5 aromatic carbocycles. The van der Waals surface area contributed by atoms with Crippen molar-refractivity contribution in [3.05, 3.63) is 90.0 Å². The molecule has 0 amide bonds. The van der Waals surface area contributed by atoms with Crippen LogP contribution in [0.25, 0.3) is 32.3 Å². The molecule has 0 spiro atoms. The Morgan fingerprint density at radius 1 is 0.679 bits per heavy atom. The molecule has 3 heteroatoms. The Labute approximate surface area is 167 Å². The molecule has 5 rings (SSSR count). The first-order valence-corrected chi connectivity index (χ1v) is 10.4. The van der Waals surface area contributed by atoms with Crippen LogP contribution in [-0.2, 0) is 0 Å². The lowest BCUT2D eigenvalue weighted by Crippen LogP contribution is -1.89. The fourth-order valence-electron chi connectivity index (χ4n) is 3.78. The molecule has 5 aromatic rings. The zero-order valence-corrected chi connectivity index (χ0v) is 16.3. The summed E-state index contributed by atoms with van der Waals surface area (Å²) in [5, 5.41) is 16.2. The fraction of sp³-hybridized carbons (Fsp3) is 0.0400. The summed E-state index contributed by atoms with van der Waals surface area (Å²) >= 11 is 1.73. The van der Waals surface area contributed by atoms with Gasteiger partial charge in [-0.15, -0.1) is 11.8 Å². The molecule has 134 valence electrons. The highest BCUT2D eigenvalue weighted by atomic mass is 32.2. The van der Waals surface area contributed by atoms with E-state index in [0.29, 0.717) is 0 Å². The Bertz CT molecular complexity index is 1330. The van der Waals surface area contributed by atoms with Gasteiger partial charge in [-0.25, -0.2) is 0 Å². The van der Waals surface area contributed by atoms with E-state index < -0.39 is 0 Å². The maximum absolute atomic E-state index is 4.33. The Morgan fingerprint density at radius 3 is 2.14 bits per heavy atom. The van der Waals surface area contributed by atoms with Crippen LogP contribution >= 0.6 is 11.8 Å². The van der Waals surface area contributed by atoms with Crippen LogP contribution in [-0.4, -0.2) is 18.7 Å².